The van der Waals surface area contributed by atoms with Crippen LogP contribution in [0.1, 0.15) is 32.0 Å². The van der Waals surface area contributed by atoms with Crippen LogP contribution >= 0.6 is 11.3 Å². The number of benzene rings is 2. The highest BCUT2D eigenvalue weighted by molar-refractivity contribution is 7.14. The topological polar surface area (TPSA) is 89.0 Å². The molecule has 2 aromatic carbocycles. The minimum Gasteiger partial charge on any atom is -0.503 e. The zero-order valence-electron chi connectivity index (χ0n) is 16.8. The van der Waals surface area contributed by atoms with Gasteiger partial charge >= 0.3 is 0 Å². The van der Waals surface area contributed by atoms with Gasteiger partial charge in [0.15, 0.2) is 17.3 Å². The second-order valence-electron chi connectivity index (χ2n) is 7.26. The van der Waals surface area contributed by atoms with Gasteiger partial charge in [0.2, 0.25) is 12.6 Å². The van der Waals surface area contributed by atoms with Gasteiger partial charge in [-0.05, 0) is 31.5 Å². The summed E-state index contributed by atoms with van der Waals surface area (Å²) in [6, 6.07) is 13.5. The fourth-order valence-electron chi connectivity index (χ4n) is 3.95. The van der Waals surface area contributed by atoms with Crippen molar-refractivity contribution in [3.63, 3.8) is 0 Å². The number of carbonyl (C=O) groups excluding carboxylic acids is 2. The van der Waals surface area contributed by atoms with Crippen molar-refractivity contribution in [3.05, 3.63) is 81.0 Å². The Kier molecular flexibility index (Phi) is 4.51. The molecule has 0 fully saturated rings. The van der Waals surface area contributed by atoms with E-state index in [-0.39, 0.29) is 12.4 Å². The molecule has 8 heteroatoms. The van der Waals surface area contributed by atoms with E-state index in [1.807, 2.05) is 37.3 Å². The summed E-state index contributed by atoms with van der Waals surface area (Å²) in [6.45, 7) is 3.67. The van der Waals surface area contributed by atoms with Crippen molar-refractivity contribution in [2.45, 2.75) is 19.9 Å². The van der Waals surface area contributed by atoms with Crippen molar-refractivity contribution in [1.29, 1.82) is 0 Å². The van der Waals surface area contributed by atoms with Gasteiger partial charge < -0.3 is 14.6 Å². The van der Waals surface area contributed by atoms with Crippen molar-refractivity contribution in [3.8, 4) is 11.5 Å². The minimum absolute atomic E-state index is 0.0422. The Bertz CT molecular complexity index is 1250. The maximum Gasteiger partial charge on any atom is 0.294 e. The molecule has 0 aliphatic carbocycles. The quantitative estimate of drug-likeness (QED) is 0.617. The summed E-state index contributed by atoms with van der Waals surface area (Å²) >= 11 is 1.25. The second-order valence-corrected chi connectivity index (χ2v) is 8.47. The molecule has 0 saturated heterocycles. The molecular weight excluding hydrogens is 416 g/mol. The van der Waals surface area contributed by atoms with Crippen LogP contribution in [0.4, 0.5) is 5.69 Å². The normalized spacial score (nSPS) is 17.5. The summed E-state index contributed by atoms with van der Waals surface area (Å²) in [5, 5.41) is 11.6. The SMILES string of the molecule is Cc1nc(C)c(C(=O)C2=C(O)C(=O)N(c3ccc4c(c3)OCO4)C2c2ccccc2)s1. The Labute approximate surface area is 182 Å². The van der Waals surface area contributed by atoms with E-state index < -0.39 is 23.5 Å². The van der Waals surface area contributed by atoms with Gasteiger partial charge in [-0.3, -0.25) is 14.5 Å². The van der Waals surface area contributed by atoms with Gasteiger partial charge in [-0.25, -0.2) is 4.98 Å². The predicted molar refractivity (Wildman–Crippen MR) is 115 cm³/mol. The van der Waals surface area contributed by atoms with Gasteiger partial charge in [-0.1, -0.05) is 30.3 Å². The molecule has 0 bridgehead atoms. The number of aromatic nitrogens is 1. The lowest BCUT2D eigenvalue weighted by molar-refractivity contribution is -0.117. The molecule has 1 aromatic heterocycles. The first kappa shape index (κ1) is 19.3. The molecule has 3 aromatic rings. The van der Waals surface area contributed by atoms with Crippen LogP contribution in [0.3, 0.4) is 0 Å². The highest BCUT2D eigenvalue weighted by Gasteiger charge is 2.45. The Morgan fingerprint density at radius 3 is 2.58 bits per heavy atom. The standard InChI is InChI=1S/C23H18N2O5S/c1-12-22(31-13(2)24-12)20(26)18-19(14-6-4-3-5-7-14)25(23(28)21(18)27)15-8-9-16-17(10-15)30-11-29-16/h3-10,19,27H,11H2,1-2H3. The smallest absolute Gasteiger partial charge is 0.294 e. The highest BCUT2D eigenvalue weighted by atomic mass is 32.1. The lowest BCUT2D eigenvalue weighted by atomic mass is 9.95. The van der Waals surface area contributed by atoms with Gasteiger partial charge in [0, 0.05) is 11.8 Å². The van der Waals surface area contributed by atoms with E-state index in [4.69, 9.17) is 9.47 Å². The zero-order chi connectivity index (χ0) is 21.7. The van der Waals surface area contributed by atoms with Crippen molar-refractivity contribution in [2.24, 2.45) is 0 Å². The maximum atomic E-state index is 13.5. The van der Waals surface area contributed by atoms with E-state index in [1.54, 1.807) is 25.1 Å². The minimum atomic E-state index is -0.789. The molecule has 1 amide bonds. The number of fused-ring (bicyclic) bond motifs is 1. The Balaban J connectivity index is 1.66. The molecule has 0 saturated carbocycles. The number of ether oxygens (including phenoxy) is 2. The number of ketones is 1. The van der Waals surface area contributed by atoms with Gasteiger partial charge in [0.05, 0.1) is 27.2 Å². The molecule has 2 aliphatic rings. The molecule has 7 nitrogen and oxygen atoms in total. The van der Waals surface area contributed by atoms with E-state index in [0.29, 0.717) is 33.3 Å². The van der Waals surface area contributed by atoms with E-state index >= 15 is 0 Å². The summed E-state index contributed by atoms with van der Waals surface area (Å²) in [5.41, 5.74) is 1.82. The maximum absolute atomic E-state index is 13.5. The summed E-state index contributed by atoms with van der Waals surface area (Å²) in [4.78, 5) is 32.9. The van der Waals surface area contributed by atoms with Crippen LogP contribution in [0.2, 0.25) is 0 Å². The molecule has 31 heavy (non-hydrogen) atoms. The van der Waals surface area contributed by atoms with Crippen molar-refractivity contribution >= 4 is 28.7 Å². The van der Waals surface area contributed by atoms with Crippen molar-refractivity contribution in [1.82, 2.24) is 4.98 Å². The third-order valence-corrected chi connectivity index (χ3v) is 6.38. The van der Waals surface area contributed by atoms with E-state index in [0.717, 1.165) is 5.01 Å². The third-order valence-electron chi connectivity index (χ3n) is 5.31. The Morgan fingerprint density at radius 2 is 1.87 bits per heavy atom. The average molecular weight is 434 g/mol. The van der Waals surface area contributed by atoms with Crippen LogP contribution in [-0.4, -0.2) is 28.6 Å². The van der Waals surface area contributed by atoms with Gasteiger partial charge in [-0.15, -0.1) is 11.3 Å². The van der Waals surface area contributed by atoms with Crippen LogP contribution in [-0.2, 0) is 4.79 Å². The number of rotatable bonds is 4. The number of nitrogens with zero attached hydrogens (tertiary/aromatic N) is 2. The monoisotopic (exact) mass is 434 g/mol. The molecule has 1 N–H and O–H groups in total. The lowest BCUT2D eigenvalue weighted by Crippen LogP contribution is -2.31. The molecule has 1 atom stereocenters. The Hall–Kier alpha value is -3.65. The largest absolute Gasteiger partial charge is 0.503 e. The zero-order valence-corrected chi connectivity index (χ0v) is 17.6. The Morgan fingerprint density at radius 1 is 1.13 bits per heavy atom. The summed E-state index contributed by atoms with van der Waals surface area (Å²) in [7, 11) is 0. The van der Waals surface area contributed by atoms with Crippen LogP contribution < -0.4 is 14.4 Å². The number of anilines is 1. The fourth-order valence-corrected chi connectivity index (χ4v) is 4.83. The number of thiazole rings is 1. The number of hydrogen-bond donors (Lipinski definition) is 1. The van der Waals surface area contributed by atoms with Gasteiger partial charge in [0.1, 0.15) is 0 Å². The van der Waals surface area contributed by atoms with E-state index in [9.17, 15) is 14.7 Å². The number of carbonyl (C=O) groups is 2. The van der Waals surface area contributed by atoms with Crippen LogP contribution in [0, 0.1) is 13.8 Å². The van der Waals surface area contributed by atoms with Crippen LogP contribution in [0.5, 0.6) is 11.5 Å². The van der Waals surface area contributed by atoms with Crippen LogP contribution in [0.15, 0.2) is 59.9 Å². The number of hydrogen-bond acceptors (Lipinski definition) is 7. The molecule has 156 valence electrons. The molecule has 0 spiro atoms. The summed E-state index contributed by atoms with van der Waals surface area (Å²) in [5.74, 6) is -0.510. The molecule has 0 radical (unpaired) electrons. The number of aliphatic hydroxyl groups is 1. The molecule has 5 rings (SSSR count). The molecule has 1 unspecified atom stereocenters. The first-order valence-corrected chi connectivity index (χ1v) is 10.5. The van der Waals surface area contributed by atoms with Gasteiger partial charge in [-0.2, -0.15) is 0 Å². The first-order valence-electron chi connectivity index (χ1n) is 9.65. The third kappa shape index (κ3) is 3.07. The van der Waals surface area contributed by atoms with E-state index in [1.165, 1.54) is 16.2 Å². The predicted octanol–water partition coefficient (Wildman–Crippen LogP) is 4.27. The number of aryl methyl sites for hydroxylation is 2. The number of Topliss-reactive ketones (excluding diaryl/α,β-unsaturated/α-hetero) is 1. The number of aliphatic hydroxyl groups excluding tert-OH is 1. The number of amides is 1. The molecule has 3 heterocycles. The van der Waals surface area contributed by atoms with Crippen LogP contribution in [0.25, 0.3) is 0 Å². The fraction of sp³-hybridized carbons (Fsp3) is 0.174. The first-order chi connectivity index (χ1) is 15.0. The van der Waals surface area contributed by atoms with Crippen molar-refractivity contribution in [2.75, 3.05) is 11.7 Å². The highest BCUT2D eigenvalue weighted by Crippen LogP contribution is 2.45. The van der Waals surface area contributed by atoms with E-state index in [2.05, 4.69) is 4.98 Å². The van der Waals surface area contributed by atoms with Gasteiger partial charge in [0.25, 0.3) is 5.91 Å². The average Bonchev–Trinajstić information content (AvgIpc) is 3.44. The summed E-state index contributed by atoms with van der Waals surface area (Å²) < 4.78 is 10.8. The molecule has 2 aliphatic heterocycles. The summed E-state index contributed by atoms with van der Waals surface area (Å²) in [6.07, 6.45) is 0. The molecular formula is C23H18N2O5S. The lowest BCUT2D eigenvalue weighted by Gasteiger charge is -2.27. The second kappa shape index (κ2) is 7.24. The van der Waals surface area contributed by atoms with Crippen molar-refractivity contribution < 1.29 is 24.2 Å².